The molecule has 68 valence electrons. The van der Waals surface area contributed by atoms with Gasteiger partial charge in [0.15, 0.2) is 0 Å². The number of rotatable bonds is 0. The van der Waals surface area contributed by atoms with E-state index in [0.717, 1.165) is 10.6 Å². The topological polar surface area (TPSA) is 49.3 Å². The van der Waals surface area contributed by atoms with E-state index in [9.17, 15) is 9.90 Å². The van der Waals surface area contributed by atoms with Gasteiger partial charge in [-0.1, -0.05) is 0 Å². The highest BCUT2D eigenvalue weighted by Crippen LogP contribution is 2.32. The van der Waals surface area contributed by atoms with Crippen molar-refractivity contribution >= 4 is 23.4 Å². The minimum atomic E-state index is 0.0110. The first-order chi connectivity index (χ1) is 6.25. The second-order valence-electron chi connectivity index (χ2n) is 2.83. The summed E-state index contributed by atoms with van der Waals surface area (Å²) in [6, 6.07) is 5.02. The van der Waals surface area contributed by atoms with Crippen LogP contribution in [0, 0.1) is 0 Å². The molecule has 0 radical (unpaired) electrons. The fourth-order valence-corrected chi connectivity index (χ4v) is 2.15. The van der Waals surface area contributed by atoms with E-state index in [2.05, 4.69) is 5.32 Å². The van der Waals surface area contributed by atoms with E-state index in [4.69, 9.17) is 0 Å². The molecule has 0 aliphatic carbocycles. The molecule has 0 atom stereocenters. The third kappa shape index (κ3) is 1.78. The van der Waals surface area contributed by atoms with Gasteiger partial charge in [-0.05, 0) is 12.1 Å². The molecule has 1 aromatic carbocycles. The van der Waals surface area contributed by atoms with Gasteiger partial charge in [0, 0.05) is 23.1 Å². The normalized spacial score (nSPS) is 15.8. The van der Waals surface area contributed by atoms with Crippen LogP contribution in [0.3, 0.4) is 0 Å². The lowest BCUT2D eigenvalue weighted by molar-refractivity contribution is -0.115. The van der Waals surface area contributed by atoms with E-state index >= 15 is 0 Å². The standard InChI is InChI=1S/C9H9NO2S/c11-6-1-2-8-7(5-6)10-9(12)3-4-13-8/h1-2,5,11H,3-4H2,(H,10,12). The molecule has 1 aromatic rings. The van der Waals surface area contributed by atoms with E-state index in [-0.39, 0.29) is 11.7 Å². The Kier molecular flexibility index (Phi) is 2.14. The highest BCUT2D eigenvalue weighted by Gasteiger charge is 2.12. The Hall–Kier alpha value is -1.16. The summed E-state index contributed by atoms with van der Waals surface area (Å²) >= 11 is 1.63. The van der Waals surface area contributed by atoms with Gasteiger partial charge < -0.3 is 10.4 Å². The zero-order valence-corrected chi connectivity index (χ0v) is 7.73. The molecule has 3 nitrogen and oxygen atoms in total. The molecule has 0 fully saturated rings. The first-order valence-electron chi connectivity index (χ1n) is 4.01. The fraction of sp³-hybridized carbons (Fsp3) is 0.222. The molecule has 0 spiro atoms. The number of phenolic OH excluding ortho intramolecular Hbond substituents is 1. The van der Waals surface area contributed by atoms with Crippen LogP contribution in [0.1, 0.15) is 6.42 Å². The first-order valence-corrected chi connectivity index (χ1v) is 5.00. The number of carbonyl (C=O) groups excluding carboxylic acids is 1. The number of phenols is 1. The summed E-state index contributed by atoms with van der Waals surface area (Å²) in [7, 11) is 0. The fourth-order valence-electron chi connectivity index (χ4n) is 1.21. The van der Waals surface area contributed by atoms with Crippen LogP contribution >= 0.6 is 11.8 Å². The zero-order valence-electron chi connectivity index (χ0n) is 6.91. The van der Waals surface area contributed by atoms with Gasteiger partial charge in [-0.15, -0.1) is 11.8 Å². The molecule has 13 heavy (non-hydrogen) atoms. The van der Waals surface area contributed by atoms with Crippen molar-refractivity contribution in [1.82, 2.24) is 0 Å². The molecule has 0 unspecified atom stereocenters. The number of aromatic hydroxyl groups is 1. The van der Waals surface area contributed by atoms with Crippen molar-refractivity contribution in [2.45, 2.75) is 11.3 Å². The van der Waals surface area contributed by atoms with E-state index in [1.807, 2.05) is 6.07 Å². The SMILES string of the molecule is O=C1CCSc2ccc(O)cc2N1. The van der Waals surface area contributed by atoms with E-state index in [0.29, 0.717) is 12.1 Å². The summed E-state index contributed by atoms with van der Waals surface area (Å²) in [5.41, 5.74) is 0.715. The van der Waals surface area contributed by atoms with Gasteiger partial charge in [0.05, 0.1) is 5.69 Å². The molecule has 2 N–H and O–H groups in total. The summed E-state index contributed by atoms with van der Waals surface area (Å²) in [4.78, 5) is 12.2. The predicted octanol–water partition coefficient (Wildman–Crippen LogP) is 1.83. The Morgan fingerprint density at radius 1 is 1.46 bits per heavy atom. The maximum Gasteiger partial charge on any atom is 0.225 e. The van der Waals surface area contributed by atoms with Crippen LogP contribution in [0.25, 0.3) is 0 Å². The van der Waals surface area contributed by atoms with Gasteiger partial charge in [0.1, 0.15) is 5.75 Å². The Balaban J connectivity index is 2.40. The minimum Gasteiger partial charge on any atom is -0.508 e. The Morgan fingerprint density at radius 3 is 3.15 bits per heavy atom. The van der Waals surface area contributed by atoms with Crippen molar-refractivity contribution in [3.63, 3.8) is 0 Å². The molecule has 0 bridgehead atoms. The quantitative estimate of drug-likeness (QED) is 0.664. The van der Waals surface area contributed by atoms with Gasteiger partial charge in [0.25, 0.3) is 0 Å². The third-order valence-electron chi connectivity index (χ3n) is 1.82. The highest BCUT2D eigenvalue weighted by atomic mass is 32.2. The average molecular weight is 195 g/mol. The molecular weight excluding hydrogens is 186 g/mol. The number of hydrogen-bond donors (Lipinski definition) is 2. The largest absolute Gasteiger partial charge is 0.508 e. The molecule has 2 rings (SSSR count). The second kappa shape index (κ2) is 3.30. The van der Waals surface area contributed by atoms with Gasteiger partial charge in [0.2, 0.25) is 5.91 Å². The van der Waals surface area contributed by atoms with Gasteiger partial charge in [-0.3, -0.25) is 4.79 Å². The number of benzene rings is 1. The Labute approximate surface area is 80.1 Å². The molecule has 4 heteroatoms. The predicted molar refractivity (Wildman–Crippen MR) is 52.1 cm³/mol. The van der Waals surface area contributed by atoms with E-state index < -0.39 is 0 Å². The third-order valence-corrected chi connectivity index (χ3v) is 2.90. The molecule has 1 aliphatic heterocycles. The molecule has 1 aliphatic rings. The summed E-state index contributed by atoms with van der Waals surface area (Å²) in [5, 5.41) is 11.9. The summed E-state index contributed by atoms with van der Waals surface area (Å²) in [6.45, 7) is 0. The minimum absolute atomic E-state index is 0.0110. The van der Waals surface area contributed by atoms with Crippen molar-refractivity contribution < 1.29 is 9.90 Å². The number of thioether (sulfide) groups is 1. The lowest BCUT2D eigenvalue weighted by atomic mass is 10.3. The number of nitrogens with one attached hydrogen (secondary N) is 1. The second-order valence-corrected chi connectivity index (χ2v) is 3.96. The van der Waals surface area contributed by atoms with Crippen LogP contribution < -0.4 is 5.32 Å². The monoisotopic (exact) mass is 195 g/mol. The molecule has 0 saturated carbocycles. The zero-order chi connectivity index (χ0) is 9.26. The Morgan fingerprint density at radius 2 is 2.31 bits per heavy atom. The molecule has 0 saturated heterocycles. The number of hydrogen-bond acceptors (Lipinski definition) is 3. The van der Waals surface area contributed by atoms with Crippen LogP contribution in [-0.4, -0.2) is 16.8 Å². The maximum atomic E-state index is 11.2. The van der Waals surface area contributed by atoms with E-state index in [1.54, 1.807) is 23.9 Å². The van der Waals surface area contributed by atoms with Gasteiger partial charge in [-0.2, -0.15) is 0 Å². The lowest BCUT2D eigenvalue weighted by Gasteiger charge is -2.05. The van der Waals surface area contributed by atoms with Crippen LogP contribution in [0.4, 0.5) is 5.69 Å². The summed E-state index contributed by atoms with van der Waals surface area (Å²) < 4.78 is 0. The van der Waals surface area contributed by atoms with Crippen LogP contribution in [0.2, 0.25) is 0 Å². The van der Waals surface area contributed by atoms with Crippen LogP contribution in [-0.2, 0) is 4.79 Å². The lowest BCUT2D eigenvalue weighted by Crippen LogP contribution is -2.09. The molecule has 1 heterocycles. The number of anilines is 1. The van der Waals surface area contributed by atoms with Crippen molar-refractivity contribution in [2.24, 2.45) is 0 Å². The number of amides is 1. The summed E-state index contributed by atoms with van der Waals surface area (Å²) in [6.07, 6.45) is 0.528. The van der Waals surface area contributed by atoms with Crippen molar-refractivity contribution in [3.05, 3.63) is 18.2 Å². The molecule has 1 amide bonds. The maximum absolute atomic E-state index is 11.2. The van der Waals surface area contributed by atoms with Crippen molar-refractivity contribution in [1.29, 1.82) is 0 Å². The van der Waals surface area contributed by atoms with Crippen molar-refractivity contribution in [3.8, 4) is 5.75 Å². The van der Waals surface area contributed by atoms with Crippen molar-refractivity contribution in [2.75, 3.05) is 11.1 Å². The molecule has 0 aromatic heterocycles. The number of carbonyl (C=O) groups is 1. The van der Waals surface area contributed by atoms with E-state index in [1.165, 1.54) is 0 Å². The van der Waals surface area contributed by atoms with Gasteiger partial charge in [-0.25, -0.2) is 0 Å². The molecular formula is C9H9NO2S. The first kappa shape index (κ1) is 8.44. The van der Waals surface area contributed by atoms with Gasteiger partial charge >= 0.3 is 0 Å². The summed E-state index contributed by atoms with van der Waals surface area (Å²) in [5.74, 6) is 0.988. The van der Waals surface area contributed by atoms with Crippen LogP contribution in [0.15, 0.2) is 23.1 Å². The van der Waals surface area contributed by atoms with Crippen LogP contribution in [0.5, 0.6) is 5.75 Å². The average Bonchev–Trinajstić information content (AvgIpc) is 2.25. The number of fused-ring (bicyclic) bond motifs is 1. The smallest absolute Gasteiger partial charge is 0.225 e. The Bertz CT molecular complexity index is 351. The highest BCUT2D eigenvalue weighted by molar-refractivity contribution is 7.99.